The van der Waals surface area contributed by atoms with E-state index in [-0.39, 0.29) is 24.9 Å². The molecule has 2 heterocycles. The van der Waals surface area contributed by atoms with Crippen LogP contribution in [0.25, 0.3) is 0 Å². The molecule has 2 aromatic rings. The molecule has 2 aliphatic rings. The van der Waals surface area contributed by atoms with Crippen LogP contribution in [0.15, 0.2) is 47.7 Å². The summed E-state index contributed by atoms with van der Waals surface area (Å²) in [7, 11) is 3.14. The fourth-order valence-electron chi connectivity index (χ4n) is 4.21. The maximum Gasteiger partial charge on any atom is 0.336 e. The van der Waals surface area contributed by atoms with E-state index in [9.17, 15) is 9.59 Å². The van der Waals surface area contributed by atoms with Crippen molar-refractivity contribution in [3.05, 3.63) is 64.4 Å². The van der Waals surface area contributed by atoms with Gasteiger partial charge in [-0.2, -0.15) is 0 Å². The summed E-state index contributed by atoms with van der Waals surface area (Å²) >= 11 is 0. The first-order valence-electron chi connectivity index (χ1n) is 9.46. The van der Waals surface area contributed by atoms with Crippen LogP contribution in [-0.2, 0) is 14.3 Å². The van der Waals surface area contributed by atoms with Crippen molar-refractivity contribution in [1.29, 1.82) is 0 Å². The monoisotopic (exact) mass is 393 g/mol. The third-order valence-corrected chi connectivity index (χ3v) is 5.40. The van der Waals surface area contributed by atoms with E-state index in [4.69, 9.17) is 14.2 Å². The van der Waals surface area contributed by atoms with Crippen molar-refractivity contribution in [3.8, 4) is 11.5 Å². The maximum absolute atomic E-state index is 13.2. The maximum atomic E-state index is 13.2. The number of hydrogen-bond acceptors (Lipinski definition) is 5. The highest BCUT2D eigenvalue weighted by Crippen LogP contribution is 2.45. The molecular formula is C23H23NO5. The quantitative estimate of drug-likeness (QED) is 0.742. The van der Waals surface area contributed by atoms with E-state index in [1.165, 1.54) is 0 Å². The molecule has 0 N–H and O–H groups in total. The molecule has 0 aromatic heterocycles. The number of methoxy groups -OCH3 is 2. The number of carbonyl (C=O) groups is 2. The minimum atomic E-state index is -0.421. The number of nitrogens with zero attached hydrogens (tertiary/aromatic N) is 1. The van der Waals surface area contributed by atoms with Crippen LogP contribution in [0.2, 0.25) is 0 Å². The summed E-state index contributed by atoms with van der Waals surface area (Å²) in [5.41, 5.74) is 4.77. The Hall–Kier alpha value is -3.28. The summed E-state index contributed by atoms with van der Waals surface area (Å²) in [5, 5.41) is 0. The Morgan fingerprint density at radius 2 is 1.72 bits per heavy atom. The van der Waals surface area contributed by atoms with Crippen molar-refractivity contribution in [2.24, 2.45) is 0 Å². The van der Waals surface area contributed by atoms with Crippen LogP contribution in [0.1, 0.15) is 29.0 Å². The van der Waals surface area contributed by atoms with Crippen LogP contribution in [-0.4, -0.2) is 32.7 Å². The molecule has 0 unspecified atom stereocenters. The largest absolute Gasteiger partial charge is 0.497 e. The molecule has 0 spiro atoms. The topological polar surface area (TPSA) is 65.1 Å². The van der Waals surface area contributed by atoms with Crippen molar-refractivity contribution in [2.45, 2.75) is 26.2 Å². The minimum Gasteiger partial charge on any atom is -0.497 e. The fourth-order valence-corrected chi connectivity index (χ4v) is 4.21. The van der Waals surface area contributed by atoms with E-state index in [2.05, 4.69) is 6.07 Å². The number of anilines is 1. The molecule has 29 heavy (non-hydrogen) atoms. The zero-order chi connectivity index (χ0) is 20.7. The Balaban J connectivity index is 1.85. The Morgan fingerprint density at radius 1 is 1.00 bits per heavy atom. The number of esters is 1. The zero-order valence-electron chi connectivity index (χ0n) is 16.9. The highest BCUT2D eigenvalue weighted by Gasteiger charge is 2.43. The van der Waals surface area contributed by atoms with Gasteiger partial charge < -0.3 is 14.2 Å². The SMILES string of the molecule is COc1ccc([C@H]2CC(=O)N(c3cc(C)cc(C)c3)C3=C2C(=O)OC3)c(OC)c1. The Labute approximate surface area is 169 Å². The van der Waals surface area contributed by atoms with E-state index in [0.29, 0.717) is 22.8 Å². The minimum absolute atomic E-state index is 0.0741. The summed E-state index contributed by atoms with van der Waals surface area (Å²) in [6, 6.07) is 11.4. The average Bonchev–Trinajstić information content (AvgIpc) is 3.07. The molecule has 1 atom stereocenters. The molecule has 0 bridgehead atoms. The first-order valence-corrected chi connectivity index (χ1v) is 9.46. The summed E-state index contributed by atoms with van der Waals surface area (Å²) in [6.45, 7) is 4.06. The molecule has 1 amide bonds. The van der Waals surface area contributed by atoms with Crippen molar-refractivity contribution in [3.63, 3.8) is 0 Å². The van der Waals surface area contributed by atoms with Gasteiger partial charge in [-0.05, 0) is 43.2 Å². The molecule has 0 radical (unpaired) electrons. The van der Waals surface area contributed by atoms with Gasteiger partial charge >= 0.3 is 5.97 Å². The van der Waals surface area contributed by atoms with Crippen molar-refractivity contribution in [2.75, 3.05) is 25.7 Å². The van der Waals surface area contributed by atoms with Crippen LogP contribution in [0.4, 0.5) is 5.69 Å². The van der Waals surface area contributed by atoms with Gasteiger partial charge in [-0.25, -0.2) is 4.79 Å². The molecule has 2 aromatic carbocycles. The van der Waals surface area contributed by atoms with Gasteiger partial charge in [-0.3, -0.25) is 9.69 Å². The molecule has 6 nitrogen and oxygen atoms in total. The molecule has 0 fully saturated rings. The van der Waals surface area contributed by atoms with E-state index < -0.39 is 5.92 Å². The van der Waals surface area contributed by atoms with Crippen LogP contribution in [0.3, 0.4) is 0 Å². The smallest absolute Gasteiger partial charge is 0.336 e. The number of ether oxygens (including phenoxy) is 3. The van der Waals surface area contributed by atoms with E-state index >= 15 is 0 Å². The van der Waals surface area contributed by atoms with Gasteiger partial charge in [0.2, 0.25) is 5.91 Å². The fraction of sp³-hybridized carbons (Fsp3) is 0.304. The second-order valence-corrected chi connectivity index (χ2v) is 7.38. The van der Waals surface area contributed by atoms with Gasteiger partial charge in [0.15, 0.2) is 0 Å². The third-order valence-electron chi connectivity index (χ3n) is 5.40. The zero-order valence-corrected chi connectivity index (χ0v) is 16.9. The third kappa shape index (κ3) is 3.24. The molecular weight excluding hydrogens is 370 g/mol. The van der Waals surface area contributed by atoms with Crippen molar-refractivity contribution in [1.82, 2.24) is 0 Å². The number of cyclic esters (lactones) is 1. The van der Waals surface area contributed by atoms with Gasteiger partial charge in [-0.15, -0.1) is 0 Å². The van der Waals surface area contributed by atoms with Gasteiger partial charge in [0, 0.05) is 29.7 Å². The number of carbonyl (C=O) groups excluding carboxylic acids is 2. The van der Waals surface area contributed by atoms with Crippen LogP contribution < -0.4 is 14.4 Å². The van der Waals surface area contributed by atoms with E-state index in [1.54, 1.807) is 31.3 Å². The summed E-state index contributed by atoms with van der Waals surface area (Å²) in [6.07, 6.45) is 0.156. The molecule has 2 aliphatic heterocycles. The number of hydrogen-bond donors (Lipinski definition) is 0. The highest BCUT2D eigenvalue weighted by molar-refractivity contribution is 6.06. The molecule has 4 rings (SSSR count). The second-order valence-electron chi connectivity index (χ2n) is 7.38. The normalized spacial score (nSPS) is 18.6. The van der Waals surface area contributed by atoms with Gasteiger partial charge in [0.1, 0.15) is 18.1 Å². The van der Waals surface area contributed by atoms with Gasteiger partial charge in [0.05, 0.1) is 25.5 Å². The van der Waals surface area contributed by atoms with Crippen molar-refractivity contribution < 1.29 is 23.8 Å². The average molecular weight is 393 g/mol. The predicted molar refractivity (Wildman–Crippen MR) is 108 cm³/mol. The van der Waals surface area contributed by atoms with Crippen LogP contribution in [0, 0.1) is 13.8 Å². The Morgan fingerprint density at radius 3 is 2.38 bits per heavy atom. The number of aryl methyl sites for hydroxylation is 2. The lowest BCUT2D eigenvalue weighted by Gasteiger charge is -2.32. The lowest BCUT2D eigenvalue weighted by Crippen LogP contribution is -2.37. The first-order chi connectivity index (χ1) is 13.9. The second kappa shape index (κ2) is 7.28. The molecule has 0 saturated heterocycles. The van der Waals surface area contributed by atoms with Gasteiger partial charge in [-0.1, -0.05) is 12.1 Å². The molecule has 6 heteroatoms. The summed E-state index contributed by atoms with van der Waals surface area (Å²) < 4.78 is 16.1. The standard InChI is InChI=1S/C23H23NO5/c1-13-7-14(2)9-15(8-13)24-19-12-29-23(26)22(19)18(11-21(24)25)17-6-5-16(27-3)10-20(17)28-4/h5-10,18H,11-12H2,1-4H3/t18-/m1/s1. The number of benzene rings is 2. The van der Waals surface area contributed by atoms with Gasteiger partial charge in [0.25, 0.3) is 0 Å². The van der Waals surface area contributed by atoms with Crippen LogP contribution >= 0.6 is 0 Å². The summed E-state index contributed by atoms with van der Waals surface area (Å²) in [4.78, 5) is 27.5. The first kappa shape index (κ1) is 19.1. The highest BCUT2D eigenvalue weighted by atomic mass is 16.5. The molecule has 0 saturated carbocycles. The molecule has 150 valence electrons. The lowest BCUT2D eigenvalue weighted by atomic mass is 9.83. The Kier molecular flexibility index (Phi) is 4.78. The number of rotatable bonds is 4. The van der Waals surface area contributed by atoms with E-state index in [0.717, 1.165) is 22.4 Å². The predicted octanol–water partition coefficient (Wildman–Crippen LogP) is 3.65. The van der Waals surface area contributed by atoms with Crippen LogP contribution in [0.5, 0.6) is 11.5 Å². The summed E-state index contributed by atoms with van der Waals surface area (Å²) in [5.74, 6) is 0.344. The molecule has 0 aliphatic carbocycles. The Bertz CT molecular complexity index is 1020. The van der Waals surface area contributed by atoms with E-state index in [1.807, 2.05) is 32.0 Å². The lowest BCUT2D eigenvalue weighted by molar-refractivity contribution is -0.136. The van der Waals surface area contributed by atoms with Crippen molar-refractivity contribution >= 4 is 17.6 Å². The number of amides is 1.